The second-order valence-corrected chi connectivity index (χ2v) is 9.63. The van der Waals surface area contributed by atoms with Gasteiger partial charge >= 0.3 is 0 Å². The summed E-state index contributed by atoms with van der Waals surface area (Å²) in [5.74, 6) is -0.0543. The minimum atomic E-state index is -0.247. The number of fused-ring (bicyclic) bond motifs is 2. The zero-order valence-electron chi connectivity index (χ0n) is 17.5. The topological polar surface area (TPSA) is 64.0 Å². The second kappa shape index (κ2) is 9.21. The number of amides is 1. The first-order valence-corrected chi connectivity index (χ1v) is 12.3. The smallest absolute Gasteiger partial charge is 0.266 e. The summed E-state index contributed by atoms with van der Waals surface area (Å²) < 4.78 is 1.46. The van der Waals surface area contributed by atoms with Gasteiger partial charge in [-0.15, -0.1) is 0 Å². The molecule has 1 aromatic heterocycles. The summed E-state index contributed by atoms with van der Waals surface area (Å²) in [5.41, 5.74) is 4.19. The number of carbonyl (C=O) groups is 1. The summed E-state index contributed by atoms with van der Waals surface area (Å²) in [5, 5.41) is 4.71. The quantitative estimate of drug-likeness (QED) is 0.276. The van der Waals surface area contributed by atoms with Crippen LogP contribution in [0, 0.1) is 0 Å². The number of benzene rings is 3. The molecule has 0 atom stereocenters. The summed E-state index contributed by atoms with van der Waals surface area (Å²) >= 11 is 13.6. The van der Waals surface area contributed by atoms with Gasteiger partial charge in [0.1, 0.15) is 0 Å². The number of halogens is 2. The summed E-state index contributed by atoms with van der Waals surface area (Å²) in [6.07, 6.45) is 3.12. The van der Waals surface area contributed by atoms with Gasteiger partial charge in [-0.05, 0) is 66.8 Å². The van der Waals surface area contributed by atoms with E-state index in [-0.39, 0.29) is 17.2 Å². The van der Waals surface area contributed by atoms with E-state index in [0.29, 0.717) is 31.8 Å². The first-order valence-electron chi connectivity index (χ1n) is 10.5. The molecule has 1 heterocycles. The number of thioether (sulfide) groups is 1. The molecule has 0 saturated heterocycles. The van der Waals surface area contributed by atoms with Crippen molar-refractivity contribution < 1.29 is 4.79 Å². The van der Waals surface area contributed by atoms with E-state index >= 15 is 0 Å². The molecule has 1 aliphatic carbocycles. The van der Waals surface area contributed by atoms with Crippen molar-refractivity contribution in [1.82, 2.24) is 9.55 Å². The minimum Gasteiger partial charge on any atom is -0.325 e. The largest absolute Gasteiger partial charge is 0.325 e. The van der Waals surface area contributed by atoms with Crippen LogP contribution in [-0.2, 0) is 17.6 Å². The van der Waals surface area contributed by atoms with Gasteiger partial charge in [0.05, 0.1) is 22.3 Å². The van der Waals surface area contributed by atoms with Gasteiger partial charge in [0.25, 0.3) is 5.56 Å². The predicted octanol–water partition coefficient (Wildman–Crippen LogP) is 5.91. The van der Waals surface area contributed by atoms with E-state index in [1.165, 1.54) is 27.5 Å². The number of para-hydroxylation sites is 1. The van der Waals surface area contributed by atoms with Gasteiger partial charge < -0.3 is 5.32 Å². The summed E-state index contributed by atoms with van der Waals surface area (Å²) in [6.45, 7) is 0. The average molecular weight is 496 g/mol. The number of aromatic nitrogens is 2. The Hall–Kier alpha value is -2.80. The molecule has 33 heavy (non-hydrogen) atoms. The predicted molar refractivity (Wildman–Crippen MR) is 135 cm³/mol. The molecule has 4 aromatic rings. The Morgan fingerprint density at radius 2 is 1.82 bits per heavy atom. The fourth-order valence-electron chi connectivity index (χ4n) is 4.16. The molecule has 0 bridgehead atoms. The van der Waals surface area contributed by atoms with Crippen LogP contribution in [0.1, 0.15) is 17.5 Å². The molecular weight excluding hydrogens is 477 g/mol. The van der Waals surface area contributed by atoms with Crippen molar-refractivity contribution in [3.63, 3.8) is 0 Å². The summed E-state index contributed by atoms with van der Waals surface area (Å²) in [4.78, 5) is 30.8. The third kappa shape index (κ3) is 4.51. The number of carbonyl (C=O) groups excluding carboxylic acids is 1. The highest BCUT2D eigenvalue weighted by molar-refractivity contribution is 7.99. The Bertz CT molecular complexity index is 1430. The fraction of sp³-hybridized carbons (Fsp3) is 0.160. The average Bonchev–Trinajstić information content (AvgIpc) is 3.27. The van der Waals surface area contributed by atoms with E-state index in [0.717, 1.165) is 24.9 Å². The molecule has 1 aliphatic rings. The number of hydrogen-bond donors (Lipinski definition) is 1. The van der Waals surface area contributed by atoms with Crippen molar-refractivity contribution in [1.29, 1.82) is 0 Å². The zero-order chi connectivity index (χ0) is 22.9. The lowest BCUT2D eigenvalue weighted by Crippen LogP contribution is -2.23. The molecule has 0 radical (unpaired) electrons. The molecule has 166 valence electrons. The molecule has 0 aliphatic heterocycles. The van der Waals surface area contributed by atoms with Gasteiger partial charge in [0, 0.05) is 15.7 Å². The molecule has 0 saturated carbocycles. The van der Waals surface area contributed by atoms with E-state index in [4.69, 9.17) is 23.2 Å². The zero-order valence-corrected chi connectivity index (χ0v) is 19.8. The Morgan fingerprint density at radius 3 is 2.64 bits per heavy atom. The lowest BCUT2D eigenvalue weighted by atomic mass is 10.1. The minimum absolute atomic E-state index is 0.0999. The maximum absolute atomic E-state index is 13.4. The molecule has 8 heteroatoms. The molecule has 0 unspecified atom stereocenters. The van der Waals surface area contributed by atoms with Crippen LogP contribution >= 0.6 is 35.0 Å². The van der Waals surface area contributed by atoms with E-state index < -0.39 is 0 Å². The number of hydrogen-bond acceptors (Lipinski definition) is 4. The van der Waals surface area contributed by atoms with Crippen LogP contribution in [0.15, 0.2) is 70.6 Å². The number of nitrogens with one attached hydrogen (secondary N) is 1. The Morgan fingerprint density at radius 1 is 1.03 bits per heavy atom. The van der Waals surface area contributed by atoms with Crippen molar-refractivity contribution >= 4 is 57.5 Å². The van der Waals surface area contributed by atoms with Gasteiger partial charge in [0.2, 0.25) is 5.91 Å². The highest BCUT2D eigenvalue weighted by Crippen LogP contribution is 2.30. The van der Waals surface area contributed by atoms with E-state index in [9.17, 15) is 9.59 Å². The lowest BCUT2D eigenvalue weighted by Gasteiger charge is -2.14. The van der Waals surface area contributed by atoms with Crippen LogP contribution in [0.5, 0.6) is 0 Å². The van der Waals surface area contributed by atoms with E-state index in [1.54, 1.807) is 36.4 Å². The maximum Gasteiger partial charge on any atom is 0.266 e. The number of rotatable bonds is 5. The third-order valence-corrected chi connectivity index (χ3v) is 6.98. The van der Waals surface area contributed by atoms with E-state index in [2.05, 4.69) is 16.4 Å². The Labute approximate surface area is 204 Å². The number of nitrogens with zero attached hydrogens (tertiary/aromatic N) is 2. The molecule has 1 amide bonds. The SMILES string of the molecule is O=C(CSc1nc2ccccc2c(=O)n1-c1cc(Cl)cc(Cl)c1)Nc1cccc2c1CCC2. The van der Waals surface area contributed by atoms with Gasteiger partial charge in [-0.25, -0.2) is 4.98 Å². The van der Waals surface area contributed by atoms with Crippen LogP contribution in [0.25, 0.3) is 16.6 Å². The lowest BCUT2D eigenvalue weighted by molar-refractivity contribution is -0.113. The van der Waals surface area contributed by atoms with Crippen LogP contribution in [0.4, 0.5) is 5.69 Å². The van der Waals surface area contributed by atoms with E-state index in [1.807, 2.05) is 18.2 Å². The van der Waals surface area contributed by atoms with Gasteiger partial charge in [0.15, 0.2) is 5.16 Å². The third-order valence-electron chi connectivity index (χ3n) is 5.60. The highest BCUT2D eigenvalue weighted by atomic mass is 35.5. The van der Waals surface area contributed by atoms with Gasteiger partial charge in [-0.3, -0.25) is 14.2 Å². The molecule has 1 N–H and O–H groups in total. The first kappa shape index (κ1) is 22.0. The molecule has 5 rings (SSSR count). The normalized spacial score (nSPS) is 12.7. The second-order valence-electron chi connectivity index (χ2n) is 7.81. The Balaban J connectivity index is 1.48. The summed E-state index contributed by atoms with van der Waals surface area (Å²) in [7, 11) is 0. The molecular formula is C25H19Cl2N3O2S. The highest BCUT2D eigenvalue weighted by Gasteiger charge is 2.18. The van der Waals surface area contributed by atoms with Crippen LogP contribution in [0.3, 0.4) is 0 Å². The van der Waals surface area contributed by atoms with Gasteiger partial charge in [-0.2, -0.15) is 0 Å². The Kier molecular flexibility index (Phi) is 6.15. The van der Waals surface area contributed by atoms with Crippen molar-refractivity contribution in [2.24, 2.45) is 0 Å². The fourth-order valence-corrected chi connectivity index (χ4v) is 5.49. The van der Waals surface area contributed by atoms with Crippen molar-refractivity contribution in [2.75, 3.05) is 11.1 Å². The van der Waals surface area contributed by atoms with Crippen molar-refractivity contribution in [3.8, 4) is 5.69 Å². The van der Waals surface area contributed by atoms with Crippen LogP contribution < -0.4 is 10.9 Å². The van der Waals surface area contributed by atoms with Crippen LogP contribution in [-0.4, -0.2) is 21.2 Å². The standard InChI is InChI=1S/C25H19Cl2N3O2S/c26-16-11-17(27)13-18(12-16)30-24(32)20-7-1-2-9-22(20)29-25(30)33-14-23(31)28-21-10-4-6-15-5-3-8-19(15)21/h1-2,4,6-7,9-13H,3,5,8,14H2,(H,28,31). The van der Waals surface area contributed by atoms with Crippen molar-refractivity contribution in [3.05, 3.63) is 92.2 Å². The summed E-state index contributed by atoms with van der Waals surface area (Å²) in [6, 6.07) is 18.1. The monoisotopic (exact) mass is 495 g/mol. The molecule has 0 fully saturated rings. The first-order chi connectivity index (χ1) is 16.0. The number of aryl methyl sites for hydroxylation is 1. The number of anilines is 1. The maximum atomic E-state index is 13.4. The molecule has 5 nitrogen and oxygen atoms in total. The van der Waals surface area contributed by atoms with Crippen LogP contribution in [0.2, 0.25) is 10.0 Å². The molecule has 0 spiro atoms. The van der Waals surface area contributed by atoms with Crippen molar-refractivity contribution in [2.45, 2.75) is 24.4 Å². The van der Waals surface area contributed by atoms with Gasteiger partial charge in [-0.1, -0.05) is 59.2 Å². The molecule has 3 aromatic carbocycles.